The zero-order valence-corrected chi connectivity index (χ0v) is 9.82. The van der Waals surface area contributed by atoms with E-state index in [9.17, 15) is 22.8 Å². The van der Waals surface area contributed by atoms with Crippen LogP contribution in [0.3, 0.4) is 0 Å². The van der Waals surface area contributed by atoms with E-state index in [0.717, 1.165) is 0 Å². The Balaban J connectivity index is 2.84. The number of carboxylic acid groups (broad SMARTS) is 1. The van der Waals surface area contributed by atoms with Gasteiger partial charge in [-0.15, -0.1) is 0 Å². The topological polar surface area (TPSA) is 92.3 Å². The predicted molar refractivity (Wildman–Crippen MR) is 56.5 cm³/mol. The molecule has 1 heterocycles. The number of nitrogens with zero attached hydrogens (tertiary/aromatic N) is 1. The van der Waals surface area contributed by atoms with Crippen molar-refractivity contribution < 1.29 is 27.8 Å². The summed E-state index contributed by atoms with van der Waals surface area (Å²) in [6.07, 6.45) is -5.93. The Hall–Kier alpha value is -1.90. The van der Waals surface area contributed by atoms with Gasteiger partial charge < -0.3 is 9.84 Å². The maximum Gasteiger partial charge on any atom is 0.421 e. The first-order valence-electron chi connectivity index (χ1n) is 5.22. The molecule has 0 saturated heterocycles. The molecular formula is C10H11F3N2O4. The lowest BCUT2D eigenvalue weighted by Gasteiger charge is -2.13. The van der Waals surface area contributed by atoms with Crippen molar-refractivity contribution in [2.75, 3.05) is 6.61 Å². The number of nitrogens with one attached hydrogen (secondary N) is 1. The van der Waals surface area contributed by atoms with E-state index in [1.165, 1.54) is 6.92 Å². The third-order valence-corrected chi connectivity index (χ3v) is 2.23. The first-order chi connectivity index (χ1) is 8.71. The number of aliphatic carboxylic acids is 1. The second kappa shape index (κ2) is 5.83. The number of hydrogen-bond donors (Lipinski definition) is 2. The van der Waals surface area contributed by atoms with Crippen LogP contribution in [0, 0.1) is 0 Å². The molecule has 0 aliphatic heterocycles. The average Bonchev–Trinajstić information content (AvgIpc) is 2.27. The van der Waals surface area contributed by atoms with Crippen LogP contribution in [-0.4, -0.2) is 27.9 Å². The van der Waals surface area contributed by atoms with E-state index in [0.29, 0.717) is 6.07 Å². The summed E-state index contributed by atoms with van der Waals surface area (Å²) in [5.41, 5.74) is -2.84. The molecule has 1 aromatic rings. The minimum Gasteiger partial charge on any atom is -0.481 e. The van der Waals surface area contributed by atoms with Crippen molar-refractivity contribution in [1.29, 1.82) is 0 Å². The summed E-state index contributed by atoms with van der Waals surface area (Å²) < 4.78 is 42.5. The Labute approximate surface area is 105 Å². The van der Waals surface area contributed by atoms with Crippen LogP contribution in [0.5, 0.6) is 0 Å². The van der Waals surface area contributed by atoms with Gasteiger partial charge >= 0.3 is 12.1 Å². The van der Waals surface area contributed by atoms with E-state index in [4.69, 9.17) is 9.84 Å². The number of aromatic amines is 1. The Morgan fingerprint density at radius 2 is 2.21 bits per heavy atom. The van der Waals surface area contributed by atoms with Gasteiger partial charge in [-0.3, -0.25) is 9.59 Å². The third-order valence-electron chi connectivity index (χ3n) is 2.23. The number of hydrogen-bond acceptors (Lipinski definition) is 4. The van der Waals surface area contributed by atoms with Gasteiger partial charge in [0.1, 0.15) is 5.56 Å². The quantitative estimate of drug-likeness (QED) is 0.849. The molecule has 0 amide bonds. The molecule has 6 nitrogen and oxygen atoms in total. The average molecular weight is 280 g/mol. The van der Waals surface area contributed by atoms with Crippen molar-refractivity contribution in [3.8, 4) is 0 Å². The van der Waals surface area contributed by atoms with E-state index < -0.39 is 29.4 Å². The number of carbonyl (C=O) groups is 1. The highest BCUT2D eigenvalue weighted by Gasteiger charge is 2.34. The van der Waals surface area contributed by atoms with Crippen molar-refractivity contribution in [1.82, 2.24) is 10.2 Å². The highest BCUT2D eigenvalue weighted by atomic mass is 19.4. The van der Waals surface area contributed by atoms with Crippen LogP contribution in [0.1, 0.15) is 30.7 Å². The first kappa shape index (κ1) is 15.2. The van der Waals surface area contributed by atoms with E-state index in [2.05, 4.69) is 5.10 Å². The van der Waals surface area contributed by atoms with Crippen LogP contribution in [0.2, 0.25) is 0 Å². The first-order valence-corrected chi connectivity index (χ1v) is 5.22. The molecule has 19 heavy (non-hydrogen) atoms. The minimum absolute atomic E-state index is 0.127. The molecule has 1 atom stereocenters. The smallest absolute Gasteiger partial charge is 0.421 e. The van der Waals surface area contributed by atoms with Crippen LogP contribution in [-0.2, 0) is 15.7 Å². The molecule has 1 aromatic heterocycles. The van der Waals surface area contributed by atoms with Crippen molar-refractivity contribution >= 4 is 5.97 Å². The van der Waals surface area contributed by atoms with Gasteiger partial charge in [0.2, 0.25) is 0 Å². The summed E-state index contributed by atoms with van der Waals surface area (Å²) in [6.45, 7) is 1.24. The van der Waals surface area contributed by atoms with Crippen LogP contribution in [0.25, 0.3) is 0 Å². The molecule has 1 unspecified atom stereocenters. The monoisotopic (exact) mass is 280 g/mol. The lowest BCUT2D eigenvalue weighted by Crippen LogP contribution is -2.24. The van der Waals surface area contributed by atoms with Crippen LogP contribution < -0.4 is 5.56 Å². The summed E-state index contributed by atoms with van der Waals surface area (Å²) in [6, 6.07) is 0.588. The second-order valence-corrected chi connectivity index (χ2v) is 3.69. The van der Waals surface area contributed by atoms with Gasteiger partial charge in [-0.25, -0.2) is 5.10 Å². The van der Waals surface area contributed by atoms with Gasteiger partial charge in [-0.05, 0) is 13.0 Å². The number of rotatable bonds is 5. The molecule has 106 valence electrons. The van der Waals surface area contributed by atoms with E-state index in [-0.39, 0.29) is 18.7 Å². The van der Waals surface area contributed by atoms with Gasteiger partial charge in [0.25, 0.3) is 5.56 Å². The standard InChI is InChI=1S/C10H11F3N2O4/c1-5(19-3-2-8(16)17)7-4-6(10(11,12)13)9(18)15-14-7/h4-5H,2-3H2,1H3,(H,15,18)(H,16,17). The van der Waals surface area contributed by atoms with Gasteiger partial charge in [0, 0.05) is 0 Å². The fraction of sp³-hybridized carbons (Fsp3) is 0.500. The van der Waals surface area contributed by atoms with E-state index >= 15 is 0 Å². The number of ether oxygens (including phenoxy) is 1. The maximum absolute atomic E-state index is 12.5. The van der Waals surface area contributed by atoms with Crippen molar-refractivity contribution in [3.63, 3.8) is 0 Å². The SMILES string of the molecule is CC(OCCC(=O)O)c1cc(C(F)(F)F)c(=O)[nH]n1. The van der Waals surface area contributed by atoms with Crippen LogP contribution >= 0.6 is 0 Å². The van der Waals surface area contributed by atoms with Crippen molar-refractivity contribution in [2.24, 2.45) is 0 Å². The molecule has 0 bridgehead atoms. The van der Waals surface area contributed by atoms with Crippen molar-refractivity contribution in [3.05, 3.63) is 27.7 Å². The Kier molecular flexibility index (Phi) is 4.65. The molecule has 1 rings (SSSR count). The summed E-state index contributed by atoms with van der Waals surface area (Å²) in [5, 5.41) is 13.6. The molecule has 0 radical (unpaired) electrons. The maximum atomic E-state index is 12.5. The lowest BCUT2D eigenvalue weighted by atomic mass is 10.2. The Morgan fingerprint density at radius 3 is 2.74 bits per heavy atom. The predicted octanol–water partition coefficient (Wildman–Crippen LogP) is 1.34. The number of aromatic nitrogens is 2. The van der Waals surface area contributed by atoms with Gasteiger partial charge in [-0.1, -0.05) is 0 Å². The highest BCUT2D eigenvalue weighted by molar-refractivity contribution is 5.66. The van der Waals surface area contributed by atoms with Crippen LogP contribution in [0.4, 0.5) is 13.2 Å². The summed E-state index contributed by atoms with van der Waals surface area (Å²) in [5.74, 6) is -1.09. The summed E-state index contributed by atoms with van der Waals surface area (Å²) in [4.78, 5) is 21.2. The van der Waals surface area contributed by atoms with E-state index in [1.54, 1.807) is 5.10 Å². The summed E-state index contributed by atoms with van der Waals surface area (Å²) in [7, 11) is 0. The van der Waals surface area contributed by atoms with E-state index in [1.807, 2.05) is 0 Å². The molecule has 0 aliphatic carbocycles. The highest BCUT2D eigenvalue weighted by Crippen LogP contribution is 2.27. The molecule has 0 aromatic carbocycles. The molecule has 0 aliphatic rings. The fourth-order valence-corrected chi connectivity index (χ4v) is 1.25. The molecular weight excluding hydrogens is 269 g/mol. The lowest BCUT2D eigenvalue weighted by molar-refractivity contribution is -0.139. The zero-order chi connectivity index (χ0) is 14.6. The number of H-pyrrole nitrogens is 1. The Bertz CT molecular complexity index is 512. The van der Waals surface area contributed by atoms with Gasteiger partial charge in [0.05, 0.1) is 24.8 Å². The van der Waals surface area contributed by atoms with Crippen molar-refractivity contribution in [2.45, 2.75) is 25.6 Å². The largest absolute Gasteiger partial charge is 0.481 e. The third kappa shape index (κ3) is 4.36. The van der Waals surface area contributed by atoms with Gasteiger partial charge in [0.15, 0.2) is 0 Å². The number of alkyl halides is 3. The minimum atomic E-state index is -4.79. The molecule has 2 N–H and O–H groups in total. The number of halogens is 3. The van der Waals surface area contributed by atoms with Crippen LogP contribution in [0.15, 0.2) is 10.9 Å². The molecule has 9 heteroatoms. The molecule has 0 spiro atoms. The normalized spacial score (nSPS) is 13.3. The molecule has 0 fully saturated rings. The van der Waals surface area contributed by atoms with Gasteiger partial charge in [-0.2, -0.15) is 18.3 Å². The number of carboxylic acids is 1. The zero-order valence-electron chi connectivity index (χ0n) is 9.82. The molecule has 0 saturated carbocycles. The second-order valence-electron chi connectivity index (χ2n) is 3.69. The summed E-state index contributed by atoms with van der Waals surface area (Å²) >= 11 is 0. The Morgan fingerprint density at radius 1 is 1.58 bits per heavy atom. The fourth-order valence-electron chi connectivity index (χ4n) is 1.25.